The van der Waals surface area contributed by atoms with Crippen molar-refractivity contribution < 1.29 is 4.42 Å². The molecule has 3 heterocycles. The minimum absolute atomic E-state index is 0.0526. The zero-order valence-electron chi connectivity index (χ0n) is 56.2. The molecule has 0 N–H and O–H groups in total. The highest BCUT2D eigenvalue weighted by Crippen LogP contribution is 2.61. The first-order chi connectivity index (χ1) is 49.6. The van der Waals surface area contributed by atoms with E-state index in [1.54, 1.807) is 0 Å². The maximum Gasteiger partial charge on any atom is 0.137 e. The fraction of sp³-hybridized carbons (Fsp3) is 0.0625. The van der Waals surface area contributed by atoms with Crippen LogP contribution in [0.5, 0.6) is 0 Å². The summed E-state index contributed by atoms with van der Waals surface area (Å²) in [5.41, 5.74) is 32.2. The monoisotopic (exact) mass is 1290 g/mol. The molecule has 0 fully saturated rings. The van der Waals surface area contributed by atoms with E-state index in [0.717, 1.165) is 67.4 Å². The van der Waals surface area contributed by atoms with Crippen molar-refractivity contribution in [2.24, 2.45) is 0 Å². The number of hydrogen-bond donors (Lipinski definition) is 0. The normalized spacial score (nSPS) is 13.7. The van der Waals surface area contributed by atoms with Gasteiger partial charge in [-0.2, -0.15) is 0 Å². The molecule has 101 heavy (non-hydrogen) atoms. The van der Waals surface area contributed by atoms with Crippen LogP contribution >= 0.6 is 0 Å². The Bertz CT molecular complexity index is 6840. The summed E-state index contributed by atoms with van der Waals surface area (Å²) in [5, 5.41) is 15.5. The van der Waals surface area contributed by atoms with Crippen molar-refractivity contribution in [3.63, 3.8) is 0 Å². The number of hydrogen-bond acceptors (Lipinski definition) is 3. The number of fused-ring (bicyclic) bond motifs is 6. The number of para-hydroxylation sites is 3. The van der Waals surface area contributed by atoms with Crippen molar-refractivity contribution >= 4 is 132 Å². The van der Waals surface area contributed by atoms with Gasteiger partial charge in [-0.25, -0.2) is 0 Å². The van der Waals surface area contributed by atoms with Gasteiger partial charge in [0.2, 0.25) is 0 Å². The van der Waals surface area contributed by atoms with Gasteiger partial charge in [0.25, 0.3) is 0 Å². The van der Waals surface area contributed by atoms with Gasteiger partial charge in [0.1, 0.15) is 11.2 Å². The molecular weight excluding hydrogens is 1230 g/mol. The average molecular weight is 1290 g/mol. The van der Waals surface area contributed by atoms with Crippen LogP contribution in [-0.2, 0) is 10.8 Å². The minimum Gasteiger partial charge on any atom is -0.456 e. The summed E-state index contributed by atoms with van der Waals surface area (Å²) < 4.78 is 11.4. The molecule has 0 radical (unpaired) electrons. The van der Waals surface area contributed by atoms with Gasteiger partial charge >= 0.3 is 0 Å². The molecule has 0 unspecified atom stereocenters. The van der Waals surface area contributed by atoms with Crippen molar-refractivity contribution in [2.75, 3.05) is 9.80 Å². The molecule has 0 aliphatic heterocycles. The minimum atomic E-state index is -0.0639. The van der Waals surface area contributed by atoms with Gasteiger partial charge in [-0.3, -0.25) is 0 Å². The average Bonchev–Trinajstić information content (AvgIpc) is 1.52. The Morgan fingerprint density at radius 2 is 0.653 bits per heavy atom. The fourth-order valence-corrected chi connectivity index (χ4v) is 18.7. The van der Waals surface area contributed by atoms with Gasteiger partial charge < -0.3 is 23.4 Å². The van der Waals surface area contributed by atoms with Crippen LogP contribution in [0.3, 0.4) is 0 Å². The first kappa shape index (κ1) is 56.3. The third-order valence-corrected chi connectivity index (χ3v) is 23.1. The standard InChI is InChI=1S/C49H32N2O.C47H32N2/c1-49(2)38-18-9-16-36-37-17-10-19-40-46(37)48-41(26-22-29-21-25-39(49)47(44(29)48)45(36)38)51(40)32-14-8-13-31(27-32)50(30-11-4-3-5-12-30)33-23-24-35-34-15-6-7-20-42(34)52-43(35)28-33;1-47(2)38-19-9-17-36-37-18-10-20-40-44(37)46-41(26-23-30-22-25-39(47)45(42(30)46)43(36)38)49(40)34-16-8-15-33(28-34)48(32-13-4-3-5-14-32)35-24-21-29-11-6-7-12-31(29)27-35/h3-28H,1-2H3;3-28H,1-2H3. The van der Waals surface area contributed by atoms with E-state index in [1.807, 2.05) is 12.1 Å². The van der Waals surface area contributed by atoms with Crippen LogP contribution in [0.25, 0.3) is 154 Å². The molecule has 3 aromatic heterocycles. The van der Waals surface area contributed by atoms with Gasteiger partial charge in [-0.1, -0.05) is 222 Å². The predicted molar refractivity (Wildman–Crippen MR) is 424 cm³/mol. The maximum atomic E-state index is 6.37. The van der Waals surface area contributed by atoms with E-state index in [2.05, 4.69) is 350 Å². The quantitative estimate of drug-likeness (QED) is 0.152. The number of furan rings is 1. The molecule has 4 aliphatic rings. The van der Waals surface area contributed by atoms with E-state index < -0.39 is 0 Å². The predicted octanol–water partition coefficient (Wildman–Crippen LogP) is 26.4. The van der Waals surface area contributed by atoms with Crippen molar-refractivity contribution in [3.8, 4) is 55.9 Å². The number of nitrogens with zero attached hydrogens (tertiary/aromatic N) is 4. The van der Waals surface area contributed by atoms with Crippen molar-refractivity contribution in [2.45, 2.75) is 38.5 Å². The summed E-state index contributed by atoms with van der Waals surface area (Å²) in [6.45, 7) is 9.55. The smallest absolute Gasteiger partial charge is 0.137 e. The van der Waals surface area contributed by atoms with E-state index in [4.69, 9.17) is 4.42 Å². The third kappa shape index (κ3) is 7.70. The van der Waals surface area contributed by atoms with Gasteiger partial charge in [0.15, 0.2) is 0 Å². The molecule has 19 aromatic rings. The van der Waals surface area contributed by atoms with E-state index in [0.29, 0.717) is 0 Å². The zero-order valence-corrected chi connectivity index (χ0v) is 56.2. The van der Waals surface area contributed by atoms with E-state index >= 15 is 0 Å². The molecular formula is C96H64N4O. The summed E-state index contributed by atoms with van der Waals surface area (Å²) in [7, 11) is 0. The molecule has 5 nitrogen and oxygen atoms in total. The van der Waals surface area contributed by atoms with Crippen molar-refractivity contribution in [3.05, 3.63) is 338 Å². The largest absolute Gasteiger partial charge is 0.456 e. The lowest BCUT2D eigenvalue weighted by atomic mass is 9.81. The Morgan fingerprint density at radius 1 is 0.248 bits per heavy atom. The summed E-state index contributed by atoms with van der Waals surface area (Å²) in [6, 6.07) is 116. The number of aromatic nitrogens is 2. The summed E-state index contributed by atoms with van der Waals surface area (Å²) >= 11 is 0. The van der Waals surface area contributed by atoms with Crippen molar-refractivity contribution in [1.29, 1.82) is 0 Å². The Balaban J connectivity index is 0.000000128. The highest BCUT2D eigenvalue weighted by molar-refractivity contribution is 6.33. The lowest BCUT2D eigenvalue weighted by Gasteiger charge is -2.26. The Morgan fingerprint density at radius 3 is 1.22 bits per heavy atom. The first-order valence-corrected chi connectivity index (χ1v) is 35.3. The molecule has 0 atom stereocenters. The molecule has 0 amide bonds. The molecule has 4 aliphatic carbocycles. The Labute approximate surface area is 583 Å². The molecule has 0 bridgehead atoms. The van der Waals surface area contributed by atoms with E-state index in [9.17, 15) is 0 Å². The molecule has 474 valence electrons. The van der Waals surface area contributed by atoms with Gasteiger partial charge in [-0.05, 0) is 214 Å². The molecule has 5 heteroatoms. The maximum absolute atomic E-state index is 6.37. The number of anilines is 6. The van der Waals surface area contributed by atoms with Crippen LogP contribution < -0.4 is 9.80 Å². The second-order valence-corrected chi connectivity index (χ2v) is 29.1. The second kappa shape index (κ2) is 20.5. The molecule has 0 saturated heterocycles. The summed E-state index contributed by atoms with van der Waals surface area (Å²) in [5.74, 6) is 0. The van der Waals surface area contributed by atoms with Crippen molar-refractivity contribution in [1.82, 2.24) is 9.13 Å². The van der Waals surface area contributed by atoms with E-state index in [1.165, 1.54) is 143 Å². The number of benzene rings is 16. The topological polar surface area (TPSA) is 29.5 Å². The zero-order chi connectivity index (χ0) is 66.7. The van der Waals surface area contributed by atoms with Gasteiger partial charge in [-0.15, -0.1) is 0 Å². The van der Waals surface area contributed by atoms with Crippen LogP contribution in [0, 0.1) is 0 Å². The van der Waals surface area contributed by atoms with Gasteiger partial charge in [0, 0.05) is 94.7 Å². The molecule has 23 rings (SSSR count). The number of rotatable bonds is 8. The summed E-state index contributed by atoms with van der Waals surface area (Å²) in [6.07, 6.45) is 0. The SMILES string of the molecule is CC1(C)c2cccc3c2-c2c1ccc1ccc4c(c21)c1c-3cccc1n4-c1cccc(N(c2ccccc2)c2ccc3c(c2)oc2ccccc23)c1.CC1(C)c2cccc3c2-c2c1ccc1ccc4c(c21)c1c-3cccc1n4-c1cccc(N(c2ccccc2)c2ccc3ccccc3c2)c1. The molecule has 16 aromatic carbocycles. The van der Waals surface area contributed by atoms with Crippen LogP contribution in [0.4, 0.5) is 34.1 Å². The Hall–Kier alpha value is -12.7. The molecule has 0 spiro atoms. The Kier molecular flexibility index (Phi) is 11.4. The first-order valence-electron chi connectivity index (χ1n) is 35.3. The van der Waals surface area contributed by atoms with Crippen LogP contribution in [0.15, 0.2) is 320 Å². The third-order valence-electron chi connectivity index (χ3n) is 23.1. The molecule has 0 saturated carbocycles. The highest BCUT2D eigenvalue weighted by Gasteiger charge is 2.42. The highest BCUT2D eigenvalue weighted by atomic mass is 16.3. The lowest BCUT2D eigenvalue weighted by Crippen LogP contribution is -2.14. The summed E-state index contributed by atoms with van der Waals surface area (Å²) in [4.78, 5) is 4.71. The fourth-order valence-electron chi connectivity index (χ4n) is 18.7. The van der Waals surface area contributed by atoms with Crippen LogP contribution in [0.1, 0.15) is 49.9 Å². The van der Waals surface area contributed by atoms with E-state index in [-0.39, 0.29) is 10.8 Å². The van der Waals surface area contributed by atoms with Gasteiger partial charge in [0.05, 0.1) is 22.1 Å². The van der Waals surface area contributed by atoms with Crippen LogP contribution in [0.2, 0.25) is 0 Å². The lowest BCUT2D eigenvalue weighted by molar-refractivity contribution is 0.661. The van der Waals surface area contributed by atoms with Crippen LogP contribution in [-0.4, -0.2) is 9.13 Å². The second-order valence-electron chi connectivity index (χ2n) is 29.1.